The fourth-order valence-corrected chi connectivity index (χ4v) is 2.06. The Morgan fingerprint density at radius 1 is 1.20 bits per heavy atom. The first-order chi connectivity index (χ1) is 7.15. The van der Waals surface area contributed by atoms with E-state index in [0.717, 1.165) is 11.8 Å². The third-order valence-electron chi connectivity index (χ3n) is 3.17. The number of anilines is 1. The number of benzene rings is 1. The molecule has 1 aromatic carbocycles. The molecule has 1 heterocycles. The molecule has 0 aliphatic carbocycles. The zero-order valence-corrected chi connectivity index (χ0v) is 9.46. The Labute approximate surface area is 90.1 Å². The van der Waals surface area contributed by atoms with E-state index in [9.17, 15) is 0 Å². The highest BCUT2D eigenvalue weighted by molar-refractivity contribution is 5.94. The van der Waals surface area contributed by atoms with Crippen LogP contribution in [0.15, 0.2) is 18.3 Å². The highest BCUT2D eigenvalue weighted by Gasteiger charge is 2.07. The molecule has 0 bridgehead atoms. The predicted octanol–water partition coefficient (Wildman–Crippen LogP) is 3.00. The Kier molecular flexibility index (Phi) is 2.35. The first-order valence-electron chi connectivity index (χ1n) is 5.28. The lowest BCUT2D eigenvalue weighted by atomic mass is 9.95. The third kappa shape index (κ3) is 1.46. The maximum atomic E-state index is 5.89. The van der Waals surface area contributed by atoms with Crippen molar-refractivity contribution in [3.8, 4) is 0 Å². The summed E-state index contributed by atoms with van der Waals surface area (Å²) in [5, 5.41) is 2.30. The number of hydrogen-bond acceptors (Lipinski definition) is 2. The van der Waals surface area contributed by atoms with E-state index >= 15 is 0 Å². The Balaban J connectivity index is 2.91. The second kappa shape index (κ2) is 3.54. The van der Waals surface area contributed by atoms with Crippen molar-refractivity contribution in [2.24, 2.45) is 0 Å². The number of rotatable bonds is 1. The maximum absolute atomic E-state index is 5.89. The molecule has 2 rings (SSSR count). The Morgan fingerprint density at radius 3 is 2.60 bits per heavy atom. The number of aryl methyl sites for hydroxylation is 2. The van der Waals surface area contributed by atoms with Crippen molar-refractivity contribution in [1.82, 2.24) is 4.98 Å². The number of aromatic nitrogens is 1. The van der Waals surface area contributed by atoms with Gasteiger partial charge in [-0.05, 0) is 54.5 Å². The highest BCUT2D eigenvalue weighted by atomic mass is 14.8. The standard InChI is InChI=1S/C13H16N2/c1-4-10-7-12-11(9(3)8(10)2)5-6-15-13(12)14/h5-7H,4H2,1-3H3,(H2,14,15). The Bertz CT molecular complexity index is 515. The zero-order chi connectivity index (χ0) is 11.0. The van der Waals surface area contributed by atoms with Crippen LogP contribution in [-0.4, -0.2) is 4.98 Å². The fraction of sp³-hybridized carbons (Fsp3) is 0.308. The van der Waals surface area contributed by atoms with E-state index in [1.807, 2.05) is 6.07 Å². The van der Waals surface area contributed by atoms with Gasteiger partial charge in [-0.1, -0.05) is 6.92 Å². The molecule has 2 aromatic rings. The van der Waals surface area contributed by atoms with E-state index in [4.69, 9.17) is 5.73 Å². The molecule has 0 aliphatic heterocycles. The van der Waals surface area contributed by atoms with Gasteiger partial charge in [-0.25, -0.2) is 4.98 Å². The van der Waals surface area contributed by atoms with Crippen molar-refractivity contribution in [2.45, 2.75) is 27.2 Å². The quantitative estimate of drug-likeness (QED) is 0.768. The van der Waals surface area contributed by atoms with Gasteiger partial charge in [0.1, 0.15) is 5.82 Å². The largest absolute Gasteiger partial charge is 0.383 e. The molecule has 0 spiro atoms. The van der Waals surface area contributed by atoms with Crippen molar-refractivity contribution < 1.29 is 0 Å². The second-order valence-electron chi connectivity index (χ2n) is 3.93. The van der Waals surface area contributed by atoms with Crippen LogP contribution < -0.4 is 5.73 Å². The van der Waals surface area contributed by atoms with Crippen LogP contribution >= 0.6 is 0 Å². The molecule has 0 unspecified atom stereocenters. The van der Waals surface area contributed by atoms with Gasteiger partial charge in [0.05, 0.1) is 0 Å². The molecule has 0 fully saturated rings. The van der Waals surface area contributed by atoms with Crippen LogP contribution in [0.3, 0.4) is 0 Å². The monoisotopic (exact) mass is 200 g/mol. The predicted molar refractivity (Wildman–Crippen MR) is 65.0 cm³/mol. The number of pyridine rings is 1. The van der Waals surface area contributed by atoms with Gasteiger partial charge < -0.3 is 5.73 Å². The van der Waals surface area contributed by atoms with Gasteiger partial charge >= 0.3 is 0 Å². The van der Waals surface area contributed by atoms with Gasteiger partial charge in [-0.2, -0.15) is 0 Å². The minimum atomic E-state index is 0.630. The average molecular weight is 200 g/mol. The molecule has 1 aromatic heterocycles. The molecule has 0 atom stereocenters. The third-order valence-corrected chi connectivity index (χ3v) is 3.17. The topological polar surface area (TPSA) is 38.9 Å². The SMILES string of the molecule is CCc1cc2c(N)nccc2c(C)c1C. The molecular formula is C13H16N2. The first-order valence-corrected chi connectivity index (χ1v) is 5.28. The number of nitrogens with zero attached hydrogens (tertiary/aromatic N) is 1. The molecule has 0 amide bonds. The van der Waals surface area contributed by atoms with E-state index in [0.29, 0.717) is 5.82 Å². The summed E-state index contributed by atoms with van der Waals surface area (Å²) < 4.78 is 0. The normalized spacial score (nSPS) is 10.9. The van der Waals surface area contributed by atoms with Crippen LogP contribution in [0, 0.1) is 13.8 Å². The molecule has 2 nitrogen and oxygen atoms in total. The smallest absolute Gasteiger partial charge is 0.131 e. The molecule has 15 heavy (non-hydrogen) atoms. The molecular weight excluding hydrogens is 184 g/mol. The summed E-state index contributed by atoms with van der Waals surface area (Å²) in [5.74, 6) is 0.630. The Hall–Kier alpha value is -1.57. The number of fused-ring (bicyclic) bond motifs is 1. The summed E-state index contributed by atoms with van der Waals surface area (Å²) >= 11 is 0. The van der Waals surface area contributed by atoms with Gasteiger partial charge in [-0.15, -0.1) is 0 Å². The van der Waals surface area contributed by atoms with Crippen molar-refractivity contribution in [1.29, 1.82) is 0 Å². The minimum Gasteiger partial charge on any atom is -0.383 e. The fourth-order valence-electron chi connectivity index (χ4n) is 2.06. The molecule has 78 valence electrons. The number of nitrogens with two attached hydrogens (primary N) is 1. The molecule has 2 heteroatoms. The molecule has 2 N–H and O–H groups in total. The van der Waals surface area contributed by atoms with E-state index in [2.05, 4.69) is 31.8 Å². The Morgan fingerprint density at radius 2 is 1.93 bits per heavy atom. The van der Waals surface area contributed by atoms with Crippen LogP contribution in [0.25, 0.3) is 10.8 Å². The van der Waals surface area contributed by atoms with Crippen molar-refractivity contribution in [3.63, 3.8) is 0 Å². The van der Waals surface area contributed by atoms with Gasteiger partial charge in [0.25, 0.3) is 0 Å². The van der Waals surface area contributed by atoms with E-state index in [1.54, 1.807) is 6.20 Å². The lowest BCUT2D eigenvalue weighted by Gasteiger charge is -2.11. The zero-order valence-electron chi connectivity index (χ0n) is 9.46. The summed E-state index contributed by atoms with van der Waals surface area (Å²) in [6.07, 6.45) is 2.81. The lowest BCUT2D eigenvalue weighted by molar-refractivity contribution is 1.10. The summed E-state index contributed by atoms with van der Waals surface area (Å²) in [6.45, 7) is 6.49. The van der Waals surface area contributed by atoms with E-state index < -0.39 is 0 Å². The summed E-state index contributed by atoms with van der Waals surface area (Å²) in [4.78, 5) is 4.13. The van der Waals surface area contributed by atoms with E-state index in [-0.39, 0.29) is 0 Å². The molecule has 0 saturated heterocycles. The summed E-state index contributed by atoms with van der Waals surface area (Å²) in [7, 11) is 0. The highest BCUT2D eigenvalue weighted by Crippen LogP contribution is 2.27. The van der Waals surface area contributed by atoms with Crippen LogP contribution in [0.4, 0.5) is 5.82 Å². The number of hydrogen-bond donors (Lipinski definition) is 1. The van der Waals surface area contributed by atoms with Gasteiger partial charge in [0.2, 0.25) is 0 Å². The van der Waals surface area contributed by atoms with Crippen LogP contribution in [0.2, 0.25) is 0 Å². The van der Waals surface area contributed by atoms with Gasteiger partial charge in [0, 0.05) is 11.6 Å². The maximum Gasteiger partial charge on any atom is 0.131 e. The molecule has 0 aliphatic rings. The summed E-state index contributed by atoms with van der Waals surface area (Å²) in [6, 6.07) is 4.20. The average Bonchev–Trinajstić information content (AvgIpc) is 2.24. The van der Waals surface area contributed by atoms with Crippen LogP contribution in [0.5, 0.6) is 0 Å². The first kappa shape index (κ1) is 9.97. The number of nitrogen functional groups attached to an aromatic ring is 1. The van der Waals surface area contributed by atoms with Crippen molar-refractivity contribution >= 4 is 16.6 Å². The van der Waals surface area contributed by atoms with Crippen molar-refractivity contribution in [2.75, 3.05) is 5.73 Å². The minimum absolute atomic E-state index is 0.630. The van der Waals surface area contributed by atoms with Crippen molar-refractivity contribution in [3.05, 3.63) is 35.0 Å². The lowest BCUT2D eigenvalue weighted by Crippen LogP contribution is -1.97. The summed E-state index contributed by atoms with van der Waals surface area (Å²) in [5.41, 5.74) is 9.94. The van der Waals surface area contributed by atoms with Crippen LogP contribution in [-0.2, 0) is 6.42 Å². The van der Waals surface area contributed by atoms with Gasteiger partial charge in [0.15, 0.2) is 0 Å². The van der Waals surface area contributed by atoms with E-state index in [1.165, 1.54) is 22.1 Å². The molecule has 0 saturated carbocycles. The van der Waals surface area contributed by atoms with Gasteiger partial charge in [-0.3, -0.25) is 0 Å². The van der Waals surface area contributed by atoms with Crippen LogP contribution in [0.1, 0.15) is 23.6 Å². The molecule has 0 radical (unpaired) electrons. The second-order valence-corrected chi connectivity index (χ2v) is 3.93.